The highest BCUT2D eigenvalue weighted by Crippen LogP contribution is 2.36. The number of methoxy groups -OCH3 is 2. The van der Waals surface area contributed by atoms with Crippen molar-refractivity contribution in [3.63, 3.8) is 0 Å². The van der Waals surface area contributed by atoms with Gasteiger partial charge in [0, 0.05) is 0 Å². The number of nitrogens with one attached hydrogen (secondary N) is 1. The van der Waals surface area contributed by atoms with Crippen molar-refractivity contribution < 1.29 is 18.7 Å². The van der Waals surface area contributed by atoms with Crippen LogP contribution in [0.15, 0.2) is 28.7 Å². The first-order chi connectivity index (χ1) is 11.4. The molecule has 128 valence electrons. The van der Waals surface area contributed by atoms with Crippen molar-refractivity contribution in [1.29, 1.82) is 0 Å². The van der Waals surface area contributed by atoms with E-state index in [0.29, 0.717) is 22.9 Å². The van der Waals surface area contributed by atoms with Crippen LogP contribution in [0.2, 0.25) is 0 Å². The number of nitrogens with two attached hydrogens (primary N) is 1. The van der Waals surface area contributed by atoms with Gasteiger partial charge in [0.05, 0.1) is 14.2 Å². The zero-order chi connectivity index (χ0) is 17.9. The first kappa shape index (κ1) is 17.6. The fraction of sp³-hybridized carbons (Fsp3) is 0.250. The Bertz CT molecular complexity index is 731. The molecule has 8 heteroatoms. The van der Waals surface area contributed by atoms with Crippen molar-refractivity contribution in [2.75, 3.05) is 19.2 Å². The van der Waals surface area contributed by atoms with E-state index >= 15 is 0 Å². The Morgan fingerprint density at radius 2 is 1.83 bits per heavy atom. The Balaban J connectivity index is 2.41. The summed E-state index contributed by atoms with van der Waals surface area (Å²) in [6, 6.07) is 6.80. The highest BCUT2D eigenvalue weighted by Gasteiger charge is 2.24. The van der Waals surface area contributed by atoms with Crippen LogP contribution in [0, 0.1) is 13.8 Å². The van der Waals surface area contributed by atoms with Crippen molar-refractivity contribution in [2.45, 2.75) is 13.8 Å². The van der Waals surface area contributed by atoms with E-state index in [9.17, 15) is 4.79 Å². The molecular weight excluding hydrogens is 330 g/mol. The minimum Gasteiger partial charge on any atom is -0.494 e. The summed E-state index contributed by atoms with van der Waals surface area (Å²) in [5.41, 5.74) is 9.66. The number of furan rings is 1. The number of hydrogen-bond donors (Lipinski definition) is 2. The minimum atomic E-state index is -0.494. The molecule has 7 nitrogen and oxygen atoms in total. The van der Waals surface area contributed by atoms with Crippen molar-refractivity contribution >= 4 is 28.9 Å². The highest BCUT2D eigenvalue weighted by atomic mass is 32.1. The van der Waals surface area contributed by atoms with Gasteiger partial charge in [-0.15, -0.1) is 0 Å². The van der Waals surface area contributed by atoms with E-state index < -0.39 is 5.91 Å². The van der Waals surface area contributed by atoms with Crippen LogP contribution in [0.3, 0.4) is 0 Å². The molecule has 1 heterocycles. The van der Waals surface area contributed by atoms with E-state index in [4.69, 9.17) is 31.8 Å². The molecule has 0 saturated carbocycles. The van der Waals surface area contributed by atoms with Gasteiger partial charge in [0.1, 0.15) is 22.9 Å². The number of ether oxygens (including phenoxy) is 2. The fourth-order valence-corrected chi connectivity index (χ4v) is 2.25. The van der Waals surface area contributed by atoms with Gasteiger partial charge < -0.3 is 19.6 Å². The molecule has 0 bridgehead atoms. The third kappa shape index (κ3) is 3.43. The maximum absolute atomic E-state index is 12.5. The third-order valence-electron chi connectivity index (χ3n) is 3.45. The molecule has 0 unspecified atom stereocenters. The van der Waals surface area contributed by atoms with Crippen LogP contribution in [-0.2, 0) is 0 Å². The molecular formula is C16H19N3O4S. The second-order valence-electron chi connectivity index (χ2n) is 4.98. The number of hydrogen-bond acceptors (Lipinski definition) is 5. The molecule has 0 radical (unpaired) electrons. The average molecular weight is 349 g/mol. The molecule has 0 saturated heterocycles. The minimum absolute atomic E-state index is 0.0776. The van der Waals surface area contributed by atoms with Gasteiger partial charge in [-0.05, 0) is 49.8 Å². The van der Waals surface area contributed by atoms with Gasteiger partial charge in [-0.3, -0.25) is 10.2 Å². The van der Waals surface area contributed by atoms with Crippen molar-refractivity contribution in [1.82, 2.24) is 5.43 Å². The van der Waals surface area contributed by atoms with Crippen LogP contribution >= 0.6 is 12.2 Å². The predicted octanol–water partition coefficient (Wildman–Crippen LogP) is 2.31. The number of nitrogens with zero attached hydrogens (tertiary/aromatic N) is 1. The number of anilines is 1. The number of para-hydroxylation sites is 1. The van der Waals surface area contributed by atoms with Crippen molar-refractivity contribution in [3.8, 4) is 11.5 Å². The summed E-state index contributed by atoms with van der Waals surface area (Å²) in [4.78, 5) is 12.5. The van der Waals surface area contributed by atoms with Crippen LogP contribution < -0.4 is 25.6 Å². The predicted molar refractivity (Wildman–Crippen MR) is 94.5 cm³/mol. The second kappa shape index (κ2) is 7.22. The summed E-state index contributed by atoms with van der Waals surface area (Å²) in [5.74, 6) is 1.20. The maximum atomic E-state index is 12.5. The monoisotopic (exact) mass is 349 g/mol. The maximum Gasteiger partial charge on any atom is 0.305 e. The topological polar surface area (TPSA) is 90.0 Å². The fourth-order valence-electron chi connectivity index (χ4n) is 2.11. The van der Waals surface area contributed by atoms with E-state index in [2.05, 4.69) is 5.43 Å². The largest absolute Gasteiger partial charge is 0.494 e. The summed E-state index contributed by atoms with van der Waals surface area (Å²) in [5, 5.41) is 1.15. The Labute approximate surface area is 145 Å². The average Bonchev–Trinajstić information content (AvgIpc) is 2.90. The number of carbonyl (C=O) groups excluding carboxylic acids is 1. The number of carbonyl (C=O) groups is 1. The number of rotatable bonds is 4. The molecule has 3 N–H and O–H groups in total. The van der Waals surface area contributed by atoms with Crippen LogP contribution in [0.1, 0.15) is 21.9 Å². The lowest BCUT2D eigenvalue weighted by atomic mass is 10.2. The Kier molecular flexibility index (Phi) is 5.30. The zero-order valence-corrected chi connectivity index (χ0v) is 14.7. The molecule has 2 rings (SSSR count). The van der Waals surface area contributed by atoms with Gasteiger partial charge in [-0.2, -0.15) is 0 Å². The molecule has 0 aliphatic rings. The van der Waals surface area contributed by atoms with E-state index in [1.165, 1.54) is 19.2 Å². The summed E-state index contributed by atoms with van der Waals surface area (Å²) in [7, 11) is 2.99. The van der Waals surface area contributed by atoms with Crippen LogP contribution in [0.25, 0.3) is 0 Å². The molecule has 0 spiro atoms. The highest BCUT2D eigenvalue weighted by molar-refractivity contribution is 7.80. The molecule has 1 aromatic carbocycles. The zero-order valence-electron chi connectivity index (χ0n) is 13.9. The quantitative estimate of drug-likeness (QED) is 0.646. The number of thiocarbonyl (C=S) groups is 1. The number of benzene rings is 1. The Morgan fingerprint density at radius 3 is 2.25 bits per heavy atom. The summed E-state index contributed by atoms with van der Waals surface area (Å²) >= 11 is 5.06. The lowest BCUT2D eigenvalue weighted by Crippen LogP contribution is -2.49. The second-order valence-corrected chi connectivity index (χ2v) is 5.39. The number of amides is 1. The van der Waals surface area contributed by atoms with Gasteiger partial charge in [0.25, 0.3) is 0 Å². The Morgan fingerprint density at radius 1 is 1.25 bits per heavy atom. The first-order valence-electron chi connectivity index (χ1n) is 7.07. The number of hydrazine groups is 1. The van der Waals surface area contributed by atoms with Crippen LogP contribution in [0.4, 0.5) is 5.69 Å². The molecule has 0 aliphatic carbocycles. The third-order valence-corrected chi connectivity index (χ3v) is 3.63. The van der Waals surface area contributed by atoms with E-state index in [0.717, 1.165) is 5.56 Å². The lowest BCUT2D eigenvalue weighted by molar-refractivity contribution is 0.0926. The van der Waals surface area contributed by atoms with Gasteiger partial charge in [-0.25, -0.2) is 5.01 Å². The summed E-state index contributed by atoms with van der Waals surface area (Å²) < 4.78 is 16.1. The molecule has 1 aromatic heterocycles. The molecule has 24 heavy (non-hydrogen) atoms. The van der Waals surface area contributed by atoms with Gasteiger partial charge in [0.2, 0.25) is 0 Å². The van der Waals surface area contributed by atoms with E-state index in [1.807, 2.05) is 6.92 Å². The van der Waals surface area contributed by atoms with Crippen LogP contribution in [0.5, 0.6) is 11.5 Å². The SMILES string of the molecule is COc1cccc(OC)c1N(NC(=O)c1cc(C)c(C)o1)C(N)=S. The van der Waals surface area contributed by atoms with Crippen molar-refractivity contribution in [3.05, 3.63) is 41.3 Å². The van der Waals surface area contributed by atoms with Crippen molar-refractivity contribution in [2.24, 2.45) is 5.73 Å². The molecule has 0 atom stereocenters. The van der Waals surface area contributed by atoms with E-state index in [1.54, 1.807) is 31.2 Å². The molecule has 1 amide bonds. The lowest BCUT2D eigenvalue weighted by Gasteiger charge is -2.26. The van der Waals surface area contributed by atoms with Gasteiger partial charge in [0.15, 0.2) is 10.9 Å². The molecule has 0 fully saturated rings. The standard InChI is InChI=1S/C16H19N3O4S/c1-9-8-13(23-10(9)2)15(20)18-19(16(17)24)14-11(21-3)6-5-7-12(14)22-4/h5-8H,1-4H3,(H2,17,24)(H,18,20). The number of aryl methyl sites for hydroxylation is 2. The molecule has 2 aromatic rings. The smallest absolute Gasteiger partial charge is 0.305 e. The van der Waals surface area contributed by atoms with Crippen LogP contribution in [-0.4, -0.2) is 25.2 Å². The Hall–Kier alpha value is -2.74. The summed E-state index contributed by atoms with van der Waals surface area (Å²) in [6.07, 6.45) is 0. The molecule has 0 aliphatic heterocycles. The van der Waals surface area contributed by atoms with E-state index in [-0.39, 0.29) is 10.9 Å². The van der Waals surface area contributed by atoms with Gasteiger partial charge >= 0.3 is 5.91 Å². The summed E-state index contributed by atoms with van der Waals surface area (Å²) in [6.45, 7) is 3.63. The first-order valence-corrected chi connectivity index (χ1v) is 7.48. The normalized spacial score (nSPS) is 10.2. The van der Waals surface area contributed by atoms with Gasteiger partial charge in [-0.1, -0.05) is 6.07 Å².